The van der Waals surface area contributed by atoms with Gasteiger partial charge in [-0.2, -0.15) is 0 Å². The second-order valence-electron chi connectivity index (χ2n) is 3.57. The first-order valence-electron chi connectivity index (χ1n) is 5.29. The Bertz CT molecular complexity index is 599. The minimum Gasteiger partial charge on any atom is -0.493 e. The van der Waals surface area contributed by atoms with Crippen molar-refractivity contribution in [1.82, 2.24) is 0 Å². The summed E-state index contributed by atoms with van der Waals surface area (Å²) in [4.78, 5) is 11.3. The fourth-order valence-electron chi connectivity index (χ4n) is 1.46. The van der Waals surface area contributed by atoms with Crippen molar-refractivity contribution >= 4 is 33.0 Å². The average Bonchev–Trinajstić information content (AvgIpc) is 2.81. The van der Waals surface area contributed by atoms with E-state index >= 15 is 0 Å². The van der Waals surface area contributed by atoms with Crippen LogP contribution in [0.15, 0.2) is 34.1 Å². The summed E-state index contributed by atoms with van der Waals surface area (Å²) in [6.45, 7) is 0.329. The zero-order valence-electron chi connectivity index (χ0n) is 9.96. The standard InChI is InChI=1S/C12H10BrNO4S/c1-17-10-3-2-8(14(15)16)6-11(10)18-7-12-9(13)4-5-19-12/h2-6H,7H2,1H3. The molecule has 5 nitrogen and oxygen atoms in total. The molecule has 0 radical (unpaired) electrons. The monoisotopic (exact) mass is 343 g/mol. The third-order valence-corrected chi connectivity index (χ3v) is 4.31. The summed E-state index contributed by atoms with van der Waals surface area (Å²) < 4.78 is 11.7. The zero-order chi connectivity index (χ0) is 13.8. The summed E-state index contributed by atoms with van der Waals surface area (Å²) in [7, 11) is 1.50. The molecular formula is C12H10BrNO4S. The van der Waals surface area contributed by atoms with Gasteiger partial charge in [-0.1, -0.05) is 0 Å². The number of nitro benzene ring substituents is 1. The Morgan fingerprint density at radius 1 is 1.37 bits per heavy atom. The predicted molar refractivity (Wildman–Crippen MR) is 76.0 cm³/mol. The molecule has 2 rings (SSSR count). The Hall–Kier alpha value is -1.60. The number of hydrogen-bond acceptors (Lipinski definition) is 5. The molecule has 1 heterocycles. The first-order valence-corrected chi connectivity index (χ1v) is 6.96. The minimum absolute atomic E-state index is 0.0268. The predicted octanol–water partition coefficient (Wildman–Crippen LogP) is 4.01. The number of hydrogen-bond donors (Lipinski definition) is 0. The Morgan fingerprint density at radius 3 is 2.74 bits per heavy atom. The molecule has 0 saturated carbocycles. The second kappa shape index (κ2) is 6.03. The van der Waals surface area contributed by atoms with Gasteiger partial charge in [-0.05, 0) is 33.4 Å². The number of ether oxygens (including phenoxy) is 2. The van der Waals surface area contributed by atoms with Crippen molar-refractivity contribution in [2.75, 3.05) is 7.11 Å². The molecule has 0 aliphatic carbocycles. The number of benzene rings is 1. The normalized spacial score (nSPS) is 10.2. The van der Waals surface area contributed by atoms with E-state index in [1.54, 1.807) is 11.3 Å². The van der Waals surface area contributed by atoms with Gasteiger partial charge < -0.3 is 9.47 Å². The van der Waals surface area contributed by atoms with Crippen LogP contribution in [0.3, 0.4) is 0 Å². The zero-order valence-corrected chi connectivity index (χ0v) is 12.4. The summed E-state index contributed by atoms with van der Waals surface area (Å²) in [6, 6.07) is 6.19. The lowest BCUT2D eigenvalue weighted by molar-refractivity contribution is -0.385. The number of nitro groups is 1. The number of nitrogens with zero attached hydrogens (tertiary/aromatic N) is 1. The molecule has 0 N–H and O–H groups in total. The van der Waals surface area contributed by atoms with Crippen LogP contribution < -0.4 is 9.47 Å². The molecule has 7 heteroatoms. The summed E-state index contributed by atoms with van der Waals surface area (Å²) in [6.07, 6.45) is 0. The van der Waals surface area contributed by atoms with Gasteiger partial charge in [-0.25, -0.2) is 0 Å². The Labute approximate surface area is 122 Å². The van der Waals surface area contributed by atoms with Crippen LogP contribution in [0.1, 0.15) is 4.88 Å². The molecule has 0 fully saturated rings. The highest BCUT2D eigenvalue weighted by molar-refractivity contribution is 9.10. The van der Waals surface area contributed by atoms with Crippen LogP contribution >= 0.6 is 27.3 Å². The Kier molecular flexibility index (Phi) is 4.39. The van der Waals surface area contributed by atoms with Gasteiger partial charge in [0.15, 0.2) is 11.5 Å². The lowest BCUT2D eigenvalue weighted by Gasteiger charge is -2.09. The molecule has 19 heavy (non-hydrogen) atoms. The van der Waals surface area contributed by atoms with Gasteiger partial charge in [0.25, 0.3) is 5.69 Å². The van der Waals surface area contributed by atoms with Crippen LogP contribution in [0.2, 0.25) is 0 Å². The SMILES string of the molecule is COc1ccc([N+](=O)[O-])cc1OCc1sccc1Br. The quantitative estimate of drug-likeness (QED) is 0.607. The third kappa shape index (κ3) is 3.24. The van der Waals surface area contributed by atoms with Gasteiger partial charge >= 0.3 is 0 Å². The maximum absolute atomic E-state index is 10.7. The number of methoxy groups -OCH3 is 1. The van der Waals surface area contributed by atoms with E-state index in [2.05, 4.69) is 15.9 Å². The fourth-order valence-corrected chi connectivity index (χ4v) is 2.84. The first-order chi connectivity index (χ1) is 9.11. The van der Waals surface area contributed by atoms with E-state index in [9.17, 15) is 10.1 Å². The number of non-ortho nitro benzene ring substituents is 1. The number of halogens is 1. The van der Waals surface area contributed by atoms with E-state index < -0.39 is 4.92 Å². The molecule has 0 saturated heterocycles. The molecule has 0 amide bonds. The topological polar surface area (TPSA) is 61.6 Å². The Morgan fingerprint density at radius 2 is 2.16 bits per heavy atom. The molecular weight excluding hydrogens is 334 g/mol. The molecule has 0 unspecified atom stereocenters. The van der Waals surface area contributed by atoms with Crippen LogP contribution in [0.25, 0.3) is 0 Å². The van der Waals surface area contributed by atoms with E-state index in [4.69, 9.17) is 9.47 Å². The molecule has 1 aromatic carbocycles. The van der Waals surface area contributed by atoms with Crippen molar-refractivity contribution in [2.45, 2.75) is 6.61 Å². The van der Waals surface area contributed by atoms with Crippen LogP contribution in [-0.4, -0.2) is 12.0 Å². The van der Waals surface area contributed by atoms with Crippen molar-refractivity contribution in [3.05, 3.63) is 49.1 Å². The highest BCUT2D eigenvalue weighted by Gasteiger charge is 2.13. The highest BCUT2D eigenvalue weighted by atomic mass is 79.9. The van der Waals surface area contributed by atoms with E-state index in [-0.39, 0.29) is 5.69 Å². The molecule has 0 aliphatic heterocycles. The van der Waals surface area contributed by atoms with Crippen LogP contribution in [0, 0.1) is 10.1 Å². The summed E-state index contributed by atoms with van der Waals surface area (Å²) in [5, 5.41) is 12.7. The van der Waals surface area contributed by atoms with Crippen LogP contribution in [0.4, 0.5) is 5.69 Å². The van der Waals surface area contributed by atoms with Gasteiger partial charge in [-0.3, -0.25) is 10.1 Å². The number of rotatable bonds is 5. The van der Waals surface area contributed by atoms with Crippen molar-refractivity contribution in [3.8, 4) is 11.5 Å². The van der Waals surface area contributed by atoms with Gasteiger partial charge in [0.2, 0.25) is 0 Å². The van der Waals surface area contributed by atoms with Gasteiger partial charge in [-0.15, -0.1) is 11.3 Å². The Balaban J connectivity index is 2.20. The van der Waals surface area contributed by atoms with E-state index in [1.807, 2.05) is 11.4 Å². The smallest absolute Gasteiger partial charge is 0.273 e. The lowest BCUT2D eigenvalue weighted by atomic mass is 10.3. The fraction of sp³-hybridized carbons (Fsp3) is 0.167. The molecule has 100 valence electrons. The van der Waals surface area contributed by atoms with Gasteiger partial charge in [0.1, 0.15) is 6.61 Å². The minimum atomic E-state index is -0.465. The van der Waals surface area contributed by atoms with Crippen molar-refractivity contribution in [1.29, 1.82) is 0 Å². The largest absolute Gasteiger partial charge is 0.493 e. The van der Waals surface area contributed by atoms with E-state index in [0.29, 0.717) is 18.1 Å². The maximum atomic E-state index is 10.7. The molecule has 0 spiro atoms. The second-order valence-corrected chi connectivity index (χ2v) is 5.43. The first kappa shape index (κ1) is 13.8. The molecule has 2 aromatic rings. The summed E-state index contributed by atoms with van der Waals surface area (Å²) in [5.41, 5.74) is -0.0268. The molecule has 0 bridgehead atoms. The van der Waals surface area contributed by atoms with E-state index in [0.717, 1.165) is 9.35 Å². The van der Waals surface area contributed by atoms with Crippen molar-refractivity contribution in [3.63, 3.8) is 0 Å². The van der Waals surface area contributed by atoms with Crippen LogP contribution in [-0.2, 0) is 6.61 Å². The maximum Gasteiger partial charge on any atom is 0.273 e. The molecule has 1 aromatic heterocycles. The van der Waals surface area contributed by atoms with Gasteiger partial charge in [0.05, 0.1) is 23.0 Å². The molecule has 0 atom stereocenters. The average molecular weight is 344 g/mol. The molecule has 0 aliphatic rings. The summed E-state index contributed by atoms with van der Waals surface area (Å²) >= 11 is 4.95. The highest BCUT2D eigenvalue weighted by Crippen LogP contribution is 2.33. The lowest BCUT2D eigenvalue weighted by Crippen LogP contribution is -1.98. The van der Waals surface area contributed by atoms with Crippen LogP contribution in [0.5, 0.6) is 11.5 Å². The van der Waals surface area contributed by atoms with E-state index in [1.165, 1.54) is 25.3 Å². The van der Waals surface area contributed by atoms with Crippen molar-refractivity contribution < 1.29 is 14.4 Å². The third-order valence-electron chi connectivity index (χ3n) is 2.41. The summed E-state index contributed by atoms with van der Waals surface area (Å²) in [5.74, 6) is 0.829. The van der Waals surface area contributed by atoms with Crippen molar-refractivity contribution in [2.24, 2.45) is 0 Å². The number of thiophene rings is 1. The van der Waals surface area contributed by atoms with Gasteiger partial charge in [0, 0.05) is 10.5 Å².